The van der Waals surface area contributed by atoms with Crippen molar-refractivity contribution in [1.82, 2.24) is 4.90 Å². The first kappa shape index (κ1) is 12.0. The predicted octanol–water partition coefficient (Wildman–Crippen LogP) is 3.61. The molecule has 1 fully saturated rings. The Hall–Kier alpha value is -0.480. The van der Waals surface area contributed by atoms with E-state index in [9.17, 15) is 0 Å². The Labute approximate surface area is 109 Å². The van der Waals surface area contributed by atoms with Crippen LogP contribution in [0.2, 0.25) is 0 Å². The van der Waals surface area contributed by atoms with Gasteiger partial charge in [-0.1, -0.05) is 22.0 Å². The van der Waals surface area contributed by atoms with Crippen LogP contribution < -0.4 is 0 Å². The minimum absolute atomic E-state index is 0.766. The summed E-state index contributed by atoms with van der Waals surface area (Å²) in [5, 5.41) is 7.98. The van der Waals surface area contributed by atoms with Crippen LogP contribution in [0.5, 0.6) is 0 Å². The summed E-state index contributed by atoms with van der Waals surface area (Å²) in [5.74, 6) is 1.54. The molecule has 0 aliphatic carbocycles. The van der Waals surface area contributed by atoms with Gasteiger partial charge in [0.2, 0.25) is 0 Å². The molecule has 2 nitrogen and oxygen atoms in total. The quantitative estimate of drug-likeness (QED) is 0.524. The molecular weight excluding hydrogens is 284 g/mol. The van der Waals surface area contributed by atoms with Crippen LogP contribution in [-0.2, 0) is 0 Å². The summed E-state index contributed by atoms with van der Waals surface area (Å²) >= 11 is 5.19. The molecule has 0 unspecified atom stereocenters. The molecule has 0 radical (unpaired) electrons. The third kappa shape index (κ3) is 3.25. The molecule has 4 heteroatoms. The van der Waals surface area contributed by atoms with Gasteiger partial charge in [0.25, 0.3) is 0 Å². The molecule has 86 valence electrons. The molecule has 1 aromatic carbocycles. The molecule has 0 spiro atoms. The van der Waals surface area contributed by atoms with Gasteiger partial charge < -0.3 is 4.90 Å². The van der Waals surface area contributed by atoms with Gasteiger partial charge in [-0.05, 0) is 31.0 Å². The normalized spacial score (nSPS) is 15.4. The van der Waals surface area contributed by atoms with Gasteiger partial charge >= 0.3 is 0 Å². The Morgan fingerprint density at radius 1 is 1.38 bits per heavy atom. The summed E-state index contributed by atoms with van der Waals surface area (Å²) in [6.07, 6.45) is 2.48. The summed E-state index contributed by atoms with van der Waals surface area (Å²) in [6, 6.07) is 8.25. The SMILES string of the molecule is N=C(CSc1cccc(Br)c1)N1CCCC1. The van der Waals surface area contributed by atoms with E-state index >= 15 is 0 Å². The zero-order chi connectivity index (χ0) is 11.4. The fourth-order valence-electron chi connectivity index (χ4n) is 1.79. The van der Waals surface area contributed by atoms with Crippen LogP contribution in [-0.4, -0.2) is 29.6 Å². The van der Waals surface area contributed by atoms with E-state index in [0.717, 1.165) is 29.2 Å². The van der Waals surface area contributed by atoms with Crippen molar-refractivity contribution in [3.05, 3.63) is 28.7 Å². The highest BCUT2D eigenvalue weighted by Gasteiger charge is 2.14. The van der Waals surface area contributed by atoms with Gasteiger partial charge in [0, 0.05) is 22.5 Å². The molecule has 1 aliphatic rings. The first-order valence-corrected chi connectivity index (χ1v) is 7.24. The molecule has 1 aromatic rings. The van der Waals surface area contributed by atoms with Crippen LogP contribution >= 0.6 is 27.7 Å². The minimum atomic E-state index is 0.766. The maximum atomic E-state index is 7.98. The summed E-state index contributed by atoms with van der Waals surface area (Å²) in [6.45, 7) is 2.13. The summed E-state index contributed by atoms with van der Waals surface area (Å²) in [4.78, 5) is 3.41. The van der Waals surface area contributed by atoms with E-state index in [2.05, 4.69) is 33.0 Å². The maximum absolute atomic E-state index is 7.98. The smallest absolute Gasteiger partial charge is 0.106 e. The lowest BCUT2D eigenvalue weighted by Gasteiger charge is -2.17. The van der Waals surface area contributed by atoms with Crippen molar-refractivity contribution in [2.75, 3.05) is 18.8 Å². The number of hydrogen-bond acceptors (Lipinski definition) is 2. The van der Waals surface area contributed by atoms with Crippen molar-refractivity contribution in [2.45, 2.75) is 17.7 Å². The Bertz CT molecular complexity index is 375. The topological polar surface area (TPSA) is 27.1 Å². The highest BCUT2D eigenvalue weighted by Crippen LogP contribution is 2.22. The van der Waals surface area contributed by atoms with E-state index in [4.69, 9.17) is 5.41 Å². The second-order valence-corrected chi connectivity index (χ2v) is 5.85. The van der Waals surface area contributed by atoms with E-state index in [1.165, 1.54) is 17.7 Å². The fraction of sp³-hybridized carbons (Fsp3) is 0.417. The predicted molar refractivity (Wildman–Crippen MR) is 73.4 cm³/mol. The van der Waals surface area contributed by atoms with Crippen molar-refractivity contribution in [2.24, 2.45) is 0 Å². The van der Waals surface area contributed by atoms with Crippen LogP contribution in [0, 0.1) is 5.41 Å². The van der Waals surface area contributed by atoms with Crippen LogP contribution in [0.25, 0.3) is 0 Å². The Morgan fingerprint density at radius 2 is 2.12 bits per heavy atom. The number of likely N-dealkylation sites (tertiary alicyclic amines) is 1. The Kier molecular flexibility index (Phi) is 4.29. The number of rotatable bonds is 3. The highest BCUT2D eigenvalue weighted by atomic mass is 79.9. The number of hydrogen-bond donors (Lipinski definition) is 1. The van der Waals surface area contributed by atoms with Crippen molar-refractivity contribution in [3.63, 3.8) is 0 Å². The van der Waals surface area contributed by atoms with E-state index in [1.807, 2.05) is 12.1 Å². The van der Waals surface area contributed by atoms with Gasteiger partial charge in [0.15, 0.2) is 0 Å². The van der Waals surface area contributed by atoms with Crippen LogP contribution in [0.3, 0.4) is 0 Å². The molecule has 1 aliphatic heterocycles. The molecule has 0 aromatic heterocycles. The van der Waals surface area contributed by atoms with Gasteiger partial charge in [0.05, 0.1) is 5.75 Å². The fourth-order valence-corrected chi connectivity index (χ4v) is 3.21. The van der Waals surface area contributed by atoms with E-state index in [0.29, 0.717) is 0 Å². The number of thioether (sulfide) groups is 1. The van der Waals surface area contributed by atoms with Crippen molar-refractivity contribution >= 4 is 33.5 Å². The van der Waals surface area contributed by atoms with Gasteiger partial charge in [0.1, 0.15) is 5.84 Å². The number of nitrogens with one attached hydrogen (secondary N) is 1. The largest absolute Gasteiger partial charge is 0.360 e. The number of amidine groups is 1. The molecule has 0 bridgehead atoms. The lowest BCUT2D eigenvalue weighted by atomic mass is 10.4. The summed E-state index contributed by atoms with van der Waals surface area (Å²) < 4.78 is 1.10. The lowest BCUT2D eigenvalue weighted by molar-refractivity contribution is 0.514. The molecule has 0 saturated carbocycles. The van der Waals surface area contributed by atoms with Gasteiger partial charge in [-0.3, -0.25) is 5.41 Å². The lowest BCUT2D eigenvalue weighted by Crippen LogP contribution is -2.28. The third-order valence-corrected chi connectivity index (χ3v) is 4.16. The second kappa shape index (κ2) is 5.73. The van der Waals surface area contributed by atoms with E-state index in [1.54, 1.807) is 11.8 Å². The zero-order valence-electron chi connectivity index (χ0n) is 9.08. The molecule has 0 atom stereocenters. The van der Waals surface area contributed by atoms with Crippen molar-refractivity contribution in [3.8, 4) is 0 Å². The first-order chi connectivity index (χ1) is 7.75. The van der Waals surface area contributed by atoms with E-state index in [-0.39, 0.29) is 0 Å². The van der Waals surface area contributed by atoms with Crippen LogP contribution in [0.1, 0.15) is 12.8 Å². The summed E-state index contributed by atoms with van der Waals surface area (Å²) in [5.41, 5.74) is 0. The third-order valence-electron chi connectivity index (χ3n) is 2.66. The average molecular weight is 299 g/mol. The van der Waals surface area contributed by atoms with Crippen molar-refractivity contribution < 1.29 is 0 Å². The standard InChI is InChI=1S/C12H15BrN2S/c13-10-4-3-5-11(8-10)16-9-12(14)15-6-1-2-7-15/h3-5,8,14H,1-2,6-7,9H2. The number of benzene rings is 1. The number of nitrogens with zero attached hydrogens (tertiary/aromatic N) is 1. The number of halogens is 1. The maximum Gasteiger partial charge on any atom is 0.106 e. The highest BCUT2D eigenvalue weighted by molar-refractivity contribution is 9.10. The molecule has 1 saturated heterocycles. The van der Waals surface area contributed by atoms with Crippen molar-refractivity contribution in [1.29, 1.82) is 5.41 Å². The molecular formula is C12H15BrN2S. The van der Waals surface area contributed by atoms with Gasteiger partial charge in [-0.15, -0.1) is 11.8 Å². The van der Waals surface area contributed by atoms with Gasteiger partial charge in [-0.25, -0.2) is 0 Å². The minimum Gasteiger partial charge on any atom is -0.360 e. The molecule has 2 rings (SSSR count). The molecule has 0 amide bonds. The van der Waals surface area contributed by atoms with Crippen LogP contribution in [0.4, 0.5) is 0 Å². The molecule has 1 heterocycles. The Morgan fingerprint density at radius 3 is 2.81 bits per heavy atom. The summed E-state index contributed by atoms with van der Waals surface area (Å²) in [7, 11) is 0. The molecule has 1 N–H and O–H groups in total. The van der Waals surface area contributed by atoms with Crippen LogP contribution in [0.15, 0.2) is 33.6 Å². The Balaban J connectivity index is 1.84. The monoisotopic (exact) mass is 298 g/mol. The second-order valence-electron chi connectivity index (χ2n) is 3.89. The van der Waals surface area contributed by atoms with E-state index < -0.39 is 0 Å². The average Bonchev–Trinajstić information content (AvgIpc) is 2.79. The first-order valence-electron chi connectivity index (χ1n) is 5.46. The molecule has 16 heavy (non-hydrogen) atoms. The zero-order valence-corrected chi connectivity index (χ0v) is 11.5. The van der Waals surface area contributed by atoms with Gasteiger partial charge in [-0.2, -0.15) is 0 Å².